The predicted molar refractivity (Wildman–Crippen MR) is 88.0 cm³/mol. The van der Waals surface area contributed by atoms with Gasteiger partial charge < -0.3 is 10.1 Å². The van der Waals surface area contributed by atoms with E-state index in [2.05, 4.69) is 25.3 Å². The third kappa shape index (κ3) is 3.89. The number of aromatic nitrogens is 4. The van der Waals surface area contributed by atoms with Gasteiger partial charge in [-0.15, -0.1) is 0 Å². The fourth-order valence-electron chi connectivity index (χ4n) is 2.09. The summed E-state index contributed by atoms with van der Waals surface area (Å²) < 4.78 is 5.67. The van der Waals surface area contributed by atoms with E-state index in [4.69, 9.17) is 4.74 Å². The molecule has 0 aliphatic carbocycles. The first-order valence-corrected chi connectivity index (χ1v) is 7.28. The van der Waals surface area contributed by atoms with Crippen LogP contribution in [-0.4, -0.2) is 25.8 Å². The number of benzene rings is 1. The zero-order chi connectivity index (χ0) is 16.9. The summed E-state index contributed by atoms with van der Waals surface area (Å²) in [4.78, 5) is 28.4. The number of hydrogen-bond donors (Lipinski definition) is 1. The quantitative estimate of drug-likeness (QED) is 0.794. The monoisotopic (exact) mass is 321 g/mol. The first kappa shape index (κ1) is 15.5. The summed E-state index contributed by atoms with van der Waals surface area (Å²) >= 11 is 0. The average Bonchev–Trinajstić information content (AvgIpc) is 2.55. The van der Waals surface area contributed by atoms with Gasteiger partial charge in [-0.1, -0.05) is 6.07 Å². The second-order valence-electron chi connectivity index (χ2n) is 5.11. The zero-order valence-corrected chi connectivity index (χ0v) is 13.2. The third-order valence-corrected chi connectivity index (χ3v) is 3.06. The summed E-state index contributed by atoms with van der Waals surface area (Å²) in [6, 6.07) is 9.11. The van der Waals surface area contributed by atoms with E-state index in [1.807, 2.05) is 19.9 Å². The molecule has 0 atom stereocenters. The minimum absolute atomic E-state index is 0.237. The van der Waals surface area contributed by atoms with Gasteiger partial charge in [0.25, 0.3) is 5.91 Å². The van der Waals surface area contributed by atoms with Crippen LogP contribution >= 0.6 is 0 Å². The smallest absolute Gasteiger partial charge is 0.322 e. The first-order valence-electron chi connectivity index (χ1n) is 7.28. The van der Waals surface area contributed by atoms with Crippen molar-refractivity contribution in [2.45, 2.75) is 13.8 Å². The molecule has 1 N–H and O–H groups in total. The van der Waals surface area contributed by atoms with Crippen LogP contribution in [0.5, 0.6) is 11.8 Å². The maximum Gasteiger partial charge on any atom is 0.322 e. The number of rotatable bonds is 4. The van der Waals surface area contributed by atoms with Crippen molar-refractivity contribution in [1.29, 1.82) is 0 Å². The first-order chi connectivity index (χ1) is 11.6. The van der Waals surface area contributed by atoms with E-state index in [9.17, 15) is 4.79 Å². The van der Waals surface area contributed by atoms with Gasteiger partial charge in [0.15, 0.2) is 0 Å². The number of amides is 1. The molecule has 0 spiro atoms. The van der Waals surface area contributed by atoms with E-state index in [0.29, 0.717) is 11.4 Å². The molecule has 7 heteroatoms. The summed E-state index contributed by atoms with van der Waals surface area (Å²) in [6.07, 6.45) is 4.37. The summed E-state index contributed by atoms with van der Waals surface area (Å²) in [5, 5.41) is 2.74. The lowest BCUT2D eigenvalue weighted by atomic mass is 10.3. The molecule has 1 aromatic carbocycles. The Labute approximate surface area is 138 Å². The molecule has 3 rings (SSSR count). The highest BCUT2D eigenvalue weighted by atomic mass is 16.5. The average molecular weight is 321 g/mol. The van der Waals surface area contributed by atoms with Crippen LogP contribution in [-0.2, 0) is 0 Å². The number of carbonyl (C=O) groups is 1. The van der Waals surface area contributed by atoms with Gasteiger partial charge in [0.1, 0.15) is 11.4 Å². The molecule has 24 heavy (non-hydrogen) atoms. The molecular formula is C17H15N5O2. The van der Waals surface area contributed by atoms with E-state index in [1.54, 1.807) is 24.3 Å². The molecule has 7 nitrogen and oxygen atoms in total. The van der Waals surface area contributed by atoms with Gasteiger partial charge in [-0.25, -0.2) is 15.0 Å². The van der Waals surface area contributed by atoms with Crippen LogP contribution in [0, 0.1) is 13.8 Å². The molecule has 2 heterocycles. The number of ether oxygens (including phenoxy) is 1. The van der Waals surface area contributed by atoms with Crippen LogP contribution in [0.4, 0.5) is 5.69 Å². The minimum atomic E-state index is -0.345. The van der Waals surface area contributed by atoms with E-state index < -0.39 is 0 Å². The van der Waals surface area contributed by atoms with Crippen molar-refractivity contribution in [3.8, 4) is 11.8 Å². The SMILES string of the molecule is Cc1cc(C)nc(Oc2cccc(NC(=O)c3cnccn3)c2)n1. The molecule has 120 valence electrons. The highest BCUT2D eigenvalue weighted by Gasteiger charge is 2.09. The van der Waals surface area contributed by atoms with E-state index >= 15 is 0 Å². The maximum atomic E-state index is 12.1. The fourth-order valence-corrected chi connectivity index (χ4v) is 2.09. The standard InChI is InChI=1S/C17H15N5O2/c1-11-8-12(2)21-17(20-11)24-14-5-3-4-13(9-14)22-16(23)15-10-18-6-7-19-15/h3-10H,1-2H3,(H,22,23). The van der Waals surface area contributed by atoms with Gasteiger partial charge in [-0.3, -0.25) is 9.78 Å². The van der Waals surface area contributed by atoms with Crippen molar-refractivity contribution in [3.05, 3.63) is 66.0 Å². The topological polar surface area (TPSA) is 89.9 Å². The Morgan fingerprint density at radius 2 is 1.88 bits per heavy atom. The van der Waals surface area contributed by atoms with Crippen molar-refractivity contribution >= 4 is 11.6 Å². The van der Waals surface area contributed by atoms with E-state index in [1.165, 1.54) is 18.6 Å². The molecule has 2 aromatic heterocycles. The Kier molecular flexibility index (Phi) is 4.42. The number of aryl methyl sites for hydroxylation is 2. The van der Waals surface area contributed by atoms with Crippen molar-refractivity contribution in [2.24, 2.45) is 0 Å². The molecule has 0 saturated carbocycles. The van der Waals surface area contributed by atoms with Crippen molar-refractivity contribution < 1.29 is 9.53 Å². The highest BCUT2D eigenvalue weighted by molar-refractivity contribution is 6.02. The van der Waals surface area contributed by atoms with Crippen LogP contribution in [0.25, 0.3) is 0 Å². The van der Waals surface area contributed by atoms with Crippen molar-refractivity contribution in [1.82, 2.24) is 19.9 Å². The highest BCUT2D eigenvalue weighted by Crippen LogP contribution is 2.22. The lowest BCUT2D eigenvalue weighted by Gasteiger charge is -2.08. The maximum absolute atomic E-state index is 12.1. The van der Waals surface area contributed by atoms with E-state index in [-0.39, 0.29) is 17.6 Å². The molecule has 0 bridgehead atoms. The summed E-state index contributed by atoms with van der Waals surface area (Å²) in [5.74, 6) is 0.180. The van der Waals surface area contributed by atoms with E-state index in [0.717, 1.165) is 11.4 Å². The molecule has 0 unspecified atom stereocenters. The van der Waals surface area contributed by atoms with Crippen LogP contribution in [0.1, 0.15) is 21.9 Å². The second-order valence-corrected chi connectivity index (χ2v) is 5.11. The Morgan fingerprint density at radius 1 is 1.08 bits per heavy atom. The zero-order valence-electron chi connectivity index (χ0n) is 13.2. The van der Waals surface area contributed by atoms with Gasteiger partial charge in [0, 0.05) is 35.5 Å². The minimum Gasteiger partial charge on any atom is -0.424 e. The lowest BCUT2D eigenvalue weighted by Crippen LogP contribution is -2.13. The summed E-state index contributed by atoms with van der Waals surface area (Å²) in [7, 11) is 0. The Hall–Kier alpha value is -3.35. The molecule has 1 amide bonds. The number of carbonyl (C=O) groups excluding carboxylic acids is 1. The van der Waals surface area contributed by atoms with Crippen LogP contribution in [0.15, 0.2) is 48.9 Å². The number of anilines is 1. The van der Waals surface area contributed by atoms with Gasteiger partial charge >= 0.3 is 6.01 Å². The molecule has 0 aliphatic rings. The normalized spacial score (nSPS) is 10.2. The Morgan fingerprint density at radius 3 is 2.58 bits per heavy atom. The van der Waals surface area contributed by atoms with Gasteiger partial charge in [-0.2, -0.15) is 0 Å². The molecule has 0 fully saturated rings. The number of nitrogens with one attached hydrogen (secondary N) is 1. The fraction of sp³-hybridized carbons (Fsp3) is 0.118. The largest absolute Gasteiger partial charge is 0.424 e. The number of hydrogen-bond acceptors (Lipinski definition) is 6. The van der Waals surface area contributed by atoms with Crippen molar-refractivity contribution in [2.75, 3.05) is 5.32 Å². The lowest BCUT2D eigenvalue weighted by molar-refractivity contribution is 0.102. The summed E-state index contributed by atoms with van der Waals surface area (Å²) in [5.41, 5.74) is 2.46. The van der Waals surface area contributed by atoms with Gasteiger partial charge in [-0.05, 0) is 32.0 Å². The Bertz CT molecular complexity index is 848. The molecule has 0 saturated heterocycles. The summed E-state index contributed by atoms with van der Waals surface area (Å²) in [6.45, 7) is 3.75. The number of nitrogens with zero attached hydrogens (tertiary/aromatic N) is 4. The molecule has 3 aromatic rings. The molecule has 0 aliphatic heterocycles. The molecule has 0 radical (unpaired) electrons. The van der Waals surface area contributed by atoms with Crippen LogP contribution < -0.4 is 10.1 Å². The van der Waals surface area contributed by atoms with Gasteiger partial charge in [0.05, 0.1) is 6.20 Å². The van der Waals surface area contributed by atoms with Crippen LogP contribution in [0.2, 0.25) is 0 Å². The second kappa shape index (κ2) is 6.82. The Balaban J connectivity index is 1.75. The van der Waals surface area contributed by atoms with Gasteiger partial charge in [0.2, 0.25) is 0 Å². The van der Waals surface area contributed by atoms with Crippen LogP contribution in [0.3, 0.4) is 0 Å². The predicted octanol–water partition coefficient (Wildman–Crippen LogP) is 2.93. The molecular weight excluding hydrogens is 306 g/mol. The van der Waals surface area contributed by atoms with Crippen molar-refractivity contribution in [3.63, 3.8) is 0 Å². The third-order valence-electron chi connectivity index (χ3n) is 3.06.